The van der Waals surface area contributed by atoms with E-state index in [1.165, 1.54) is 38.9 Å². The number of rotatable bonds is 5. The van der Waals surface area contributed by atoms with E-state index in [-0.39, 0.29) is 12.4 Å². The standard InChI is InChI=1S/C24H25N3.ClH/c1-17-9-7-8-12-21(17)15-26-24-23-22(13-14-25-24)18(2)19(3)27(23)16-20-10-5-4-6-11-20;/h4-14H,15-16H2,1-3H3,(H,25,26);1H. The third-order valence-electron chi connectivity index (χ3n) is 5.44. The molecule has 0 saturated heterocycles. The van der Waals surface area contributed by atoms with Crippen molar-refractivity contribution in [2.24, 2.45) is 0 Å². The number of aromatic nitrogens is 2. The Kier molecular flexibility index (Phi) is 6.05. The minimum atomic E-state index is 0. The first-order valence-corrected chi connectivity index (χ1v) is 9.42. The summed E-state index contributed by atoms with van der Waals surface area (Å²) in [4.78, 5) is 4.68. The highest BCUT2D eigenvalue weighted by atomic mass is 35.5. The van der Waals surface area contributed by atoms with E-state index >= 15 is 0 Å². The predicted molar refractivity (Wildman–Crippen MR) is 121 cm³/mol. The number of hydrogen-bond acceptors (Lipinski definition) is 2. The number of benzene rings is 2. The molecule has 0 amide bonds. The maximum absolute atomic E-state index is 4.68. The Morgan fingerprint density at radius 3 is 2.36 bits per heavy atom. The van der Waals surface area contributed by atoms with Gasteiger partial charge in [0.2, 0.25) is 0 Å². The molecule has 0 radical (unpaired) electrons. The Morgan fingerprint density at radius 1 is 0.893 bits per heavy atom. The van der Waals surface area contributed by atoms with Gasteiger partial charge in [0.1, 0.15) is 0 Å². The molecular formula is C24H26ClN3. The average Bonchev–Trinajstić information content (AvgIpc) is 2.94. The van der Waals surface area contributed by atoms with Crippen LogP contribution in [0.2, 0.25) is 0 Å². The van der Waals surface area contributed by atoms with Crippen LogP contribution in [0.5, 0.6) is 0 Å². The molecule has 0 atom stereocenters. The Morgan fingerprint density at radius 2 is 1.61 bits per heavy atom. The van der Waals surface area contributed by atoms with Crippen molar-refractivity contribution < 1.29 is 0 Å². The molecule has 4 aromatic rings. The van der Waals surface area contributed by atoms with Gasteiger partial charge in [-0.25, -0.2) is 4.98 Å². The van der Waals surface area contributed by atoms with E-state index in [1.54, 1.807) is 0 Å². The SMILES string of the molecule is Cc1ccccc1CNc1nccc2c(C)c(C)n(Cc3ccccc3)c12.Cl. The van der Waals surface area contributed by atoms with Crippen molar-refractivity contribution in [2.75, 3.05) is 5.32 Å². The van der Waals surface area contributed by atoms with Crippen LogP contribution in [0.15, 0.2) is 66.9 Å². The van der Waals surface area contributed by atoms with Crippen LogP contribution in [0.4, 0.5) is 5.82 Å². The molecule has 0 aliphatic carbocycles. The van der Waals surface area contributed by atoms with Crippen LogP contribution in [0.3, 0.4) is 0 Å². The molecule has 0 unspecified atom stereocenters. The third kappa shape index (κ3) is 3.76. The Hall–Kier alpha value is -2.78. The predicted octanol–water partition coefficient (Wildman–Crippen LogP) is 6.04. The molecule has 0 aliphatic heterocycles. The van der Waals surface area contributed by atoms with E-state index in [4.69, 9.17) is 0 Å². The number of anilines is 1. The van der Waals surface area contributed by atoms with E-state index in [0.29, 0.717) is 0 Å². The summed E-state index contributed by atoms with van der Waals surface area (Å²) in [6.07, 6.45) is 1.90. The number of pyridine rings is 1. The van der Waals surface area contributed by atoms with Gasteiger partial charge < -0.3 is 9.88 Å². The molecule has 0 aliphatic rings. The smallest absolute Gasteiger partial charge is 0.150 e. The monoisotopic (exact) mass is 391 g/mol. The zero-order valence-corrected chi connectivity index (χ0v) is 17.4. The van der Waals surface area contributed by atoms with E-state index in [9.17, 15) is 0 Å². The van der Waals surface area contributed by atoms with Crippen LogP contribution >= 0.6 is 12.4 Å². The lowest BCUT2D eigenvalue weighted by Gasteiger charge is -2.13. The van der Waals surface area contributed by atoms with Gasteiger partial charge >= 0.3 is 0 Å². The molecule has 3 nitrogen and oxygen atoms in total. The summed E-state index contributed by atoms with van der Waals surface area (Å²) in [6, 6.07) is 21.2. The molecule has 2 aromatic carbocycles. The molecule has 2 aromatic heterocycles. The molecule has 0 fully saturated rings. The normalized spacial score (nSPS) is 10.7. The van der Waals surface area contributed by atoms with Gasteiger partial charge in [-0.05, 0) is 49.1 Å². The van der Waals surface area contributed by atoms with Crippen molar-refractivity contribution in [3.8, 4) is 0 Å². The topological polar surface area (TPSA) is 29.9 Å². The zero-order chi connectivity index (χ0) is 18.8. The maximum atomic E-state index is 4.68. The lowest BCUT2D eigenvalue weighted by Crippen LogP contribution is -2.07. The van der Waals surface area contributed by atoms with Crippen LogP contribution in [0.1, 0.15) is 27.9 Å². The van der Waals surface area contributed by atoms with Crippen LogP contribution in [0, 0.1) is 20.8 Å². The van der Waals surface area contributed by atoms with E-state index in [0.717, 1.165) is 18.9 Å². The lowest BCUT2D eigenvalue weighted by atomic mass is 10.1. The summed E-state index contributed by atoms with van der Waals surface area (Å²) in [6.45, 7) is 8.17. The Labute approximate surface area is 172 Å². The van der Waals surface area contributed by atoms with Crippen molar-refractivity contribution >= 4 is 29.1 Å². The number of nitrogens with zero attached hydrogens (tertiary/aromatic N) is 2. The maximum Gasteiger partial charge on any atom is 0.150 e. The number of aryl methyl sites for hydroxylation is 2. The zero-order valence-electron chi connectivity index (χ0n) is 16.6. The third-order valence-corrected chi connectivity index (χ3v) is 5.44. The molecular weight excluding hydrogens is 366 g/mol. The van der Waals surface area contributed by atoms with Crippen LogP contribution in [-0.4, -0.2) is 9.55 Å². The van der Waals surface area contributed by atoms with Gasteiger partial charge in [0.15, 0.2) is 5.82 Å². The first kappa shape index (κ1) is 20.0. The molecule has 144 valence electrons. The lowest BCUT2D eigenvalue weighted by molar-refractivity contribution is 0.799. The average molecular weight is 392 g/mol. The largest absolute Gasteiger partial charge is 0.364 e. The second kappa shape index (κ2) is 8.49. The van der Waals surface area contributed by atoms with Crippen molar-refractivity contribution in [1.29, 1.82) is 0 Å². The van der Waals surface area contributed by atoms with E-state index in [1.807, 2.05) is 6.20 Å². The summed E-state index contributed by atoms with van der Waals surface area (Å²) >= 11 is 0. The van der Waals surface area contributed by atoms with Crippen molar-refractivity contribution in [3.63, 3.8) is 0 Å². The molecule has 0 bridgehead atoms. The molecule has 4 heteroatoms. The summed E-state index contributed by atoms with van der Waals surface area (Å²) in [5.74, 6) is 0.947. The summed E-state index contributed by atoms with van der Waals surface area (Å²) in [5.41, 5.74) is 7.69. The molecule has 4 rings (SSSR count). The van der Waals surface area contributed by atoms with E-state index < -0.39 is 0 Å². The number of fused-ring (bicyclic) bond motifs is 1. The Bertz CT molecular complexity index is 1080. The molecule has 28 heavy (non-hydrogen) atoms. The summed E-state index contributed by atoms with van der Waals surface area (Å²) in [7, 11) is 0. The van der Waals surface area contributed by atoms with E-state index in [2.05, 4.69) is 96.3 Å². The molecule has 2 heterocycles. The minimum Gasteiger partial charge on any atom is -0.364 e. The van der Waals surface area contributed by atoms with Crippen molar-refractivity contribution in [2.45, 2.75) is 33.9 Å². The fourth-order valence-corrected chi connectivity index (χ4v) is 3.68. The number of hydrogen-bond donors (Lipinski definition) is 1. The van der Waals surface area contributed by atoms with Gasteiger partial charge in [-0.2, -0.15) is 0 Å². The first-order valence-electron chi connectivity index (χ1n) is 9.42. The summed E-state index contributed by atoms with van der Waals surface area (Å²) < 4.78 is 2.38. The second-order valence-corrected chi connectivity index (χ2v) is 7.12. The van der Waals surface area contributed by atoms with Crippen molar-refractivity contribution in [1.82, 2.24) is 9.55 Å². The Balaban J connectivity index is 0.00000225. The quantitative estimate of drug-likeness (QED) is 0.449. The highest BCUT2D eigenvalue weighted by Crippen LogP contribution is 2.30. The second-order valence-electron chi connectivity index (χ2n) is 7.12. The molecule has 1 N–H and O–H groups in total. The van der Waals surface area contributed by atoms with Gasteiger partial charge in [0.25, 0.3) is 0 Å². The minimum absolute atomic E-state index is 0. The van der Waals surface area contributed by atoms with Gasteiger partial charge in [0, 0.05) is 30.4 Å². The van der Waals surface area contributed by atoms with Crippen molar-refractivity contribution in [3.05, 3.63) is 94.8 Å². The van der Waals surface area contributed by atoms with Crippen LogP contribution < -0.4 is 5.32 Å². The number of halogens is 1. The summed E-state index contributed by atoms with van der Waals surface area (Å²) in [5, 5.41) is 4.85. The van der Waals surface area contributed by atoms with Gasteiger partial charge in [-0.15, -0.1) is 12.4 Å². The fraction of sp³-hybridized carbons (Fsp3) is 0.208. The highest BCUT2D eigenvalue weighted by Gasteiger charge is 2.15. The highest BCUT2D eigenvalue weighted by molar-refractivity contribution is 5.93. The number of nitrogens with one attached hydrogen (secondary N) is 1. The molecule has 0 saturated carbocycles. The first-order chi connectivity index (χ1) is 13.1. The van der Waals surface area contributed by atoms with Gasteiger partial charge in [-0.3, -0.25) is 0 Å². The van der Waals surface area contributed by atoms with Crippen LogP contribution in [0.25, 0.3) is 10.9 Å². The fourth-order valence-electron chi connectivity index (χ4n) is 3.68. The van der Waals surface area contributed by atoms with Crippen LogP contribution in [-0.2, 0) is 13.1 Å². The molecule has 0 spiro atoms. The van der Waals surface area contributed by atoms with Gasteiger partial charge in [0.05, 0.1) is 5.52 Å². The van der Waals surface area contributed by atoms with Gasteiger partial charge in [-0.1, -0.05) is 54.6 Å².